The zero-order valence-corrected chi connectivity index (χ0v) is 28.1. The number of nitrogens with one attached hydrogen (secondary N) is 2. The van der Waals surface area contributed by atoms with Gasteiger partial charge in [0.2, 0.25) is 5.91 Å². The Balaban J connectivity index is 1.31. The van der Waals surface area contributed by atoms with Crippen LogP contribution in [0, 0.1) is 17.8 Å². The molecule has 0 heterocycles. The molecule has 0 aromatic heterocycles. The Labute approximate surface area is 282 Å². The van der Waals surface area contributed by atoms with Crippen molar-refractivity contribution >= 4 is 23.6 Å². The molecule has 8 nitrogen and oxygen atoms in total. The van der Waals surface area contributed by atoms with Gasteiger partial charge in [0.25, 0.3) is 5.91 Å². The molecular formula is C38H48N2O6S. The lowest BCUT2D eigenvalue weighted by Crippen LogP contribution is -2.55. The van der Waals surface area contributed by atoms with Crippen molar-refractivity contribution < 1.29 is 29.6 Å². The van der Waals surface area contributed by atoms with Crippen LogP contribution in [0.3, 0.4) is 0 Å². The fraction of sp³-hybridized carbons (Fsp3) is 0.474. The van der Waals surface area contributed by atoms with Crippen LogP contribution in [0.4, 0.5) is 0 Å². The first-order valence-electron chi connectivity index (χ1n) is 16.9. The summed E-state index contributed by atoms with van der Waals surface area (Å²) < 4.78 is 6.02. The summed E-state index contributed by atoms with van der Waals surface area (Å²) in [5, 5.41) is 40.2. The number of aliphatic hydroxyl groups is 3. The summed E-state index contributed by atoms with van der Waals surface area (Å²) in [6, 6.07) is 23.1. The molecule has 2 aliphatic carbocycles. The summed E-state index contributed by atoms with van der Waals surface area (Å²) in [5.41, 5.74) is 2.17. The summed E-state index contributed by atoms with van der Waals surface area (Å²) in [6.07, 6.45) is 2.59. The van der Waals surface area contributed by atoms with E-state index in [4.69, 9.17) is 4.74 Å². The Morgan fingerprint density at radius 1 is 0.894 bits per heavy atom. The molecule has 0 radical (unpaired) electrons. The lowest BCUT2D eigenvalue weighted by atomic mass is 9.79. The van der Waals surface area contributed by atoms with Crippen LogP contribution < -0.4 is 15.4 Å². The number of aliphatic hydroxyl groups excluding tert-OH is 3. The van der Waals surface area contributed by atoms with Crippen LogP contribution in [0.2, 0.25) is 0 Å². The second kappa shape index (κ2) is 16.6. The molecule has 0 saturated heterocycles. The number of amides is 2. The van der Waals surface area contributed by atoms with Gasteiger partial charge in [-0.1, -0.05) is 112 Å². The molecule has 47 heavy (non-hydrogen) atoms. The van der Waals surface area contributed by atoms with Gasteiger partial charge in [0.1, 0.15) is 17.8 Å². The van der Waals surface area contributed by atoms with Gasteiger partial charge in [-0.3, -0.25) is 9.59 Å². The third kappa shape index (κ3) is 8.96. The van der Waals surface area contributed by atoms with Crippen LogP contribution >= 0.6 is 11.8 Å². The van der Waals surface area contributed by atoms with Crippen molar-refractivity contribution in [3.8, 4) is 5.75 Å². The summed E-state index contributed by atoms with van der Waals surface area (Å²) in [5.74, 6) is -1.13. The molecule has 5 rings (SSSR count). The maximum absolute atomic E-state index is 13.8. The fourth-order valence-electron chi connectivity index (χ4n) is 7.07. The first-order valence-corrected chi connectivity index (χ1v) is 17.8. The average molecular weight is 661 g/mol. The first-order chi connectivity index (χ1) is 22.7. The maximum Gasteiger partial charge on any atom is 0.255 e. The molecule has 9 heteroatoms. The minimum absolute atomic E-state index is 0.279. The Morgan fingerprint density at radius 2 is 1.57 bits per heavy atom. The van der Waals surface area contributed by atoms with E-state index in [1.807, 2.05) is 74.5 Å². The number of fused-ring (bicyclic) bond motifs is 1. The van der Waals surface area contributed by atoms with Crippen LogP contribution in [0.1, 0.15) is 79.9 Å². The Hall–Kier alpha value is -3.37. The third-order valence-electron chi connectivity index (χ3n) is 9.60. The summed E-state index contributed by atoms with van der Waals surface area (Å²) in [4.78, 5) is 28.6. The highest BCUT2D eigenvalue weighted by molar-refractivity contribution is 7.99. The number of thioether (sulfide) groups is 1. The molecule has 252 valence electrons. The molecule has 3 aromatic carbocycles. The largest absolute Gasteiger partial charge is 0.482 e. The van der Waals surface area contributed by atoms with Crippen LogP contribution in [0.5, 0.6) is 5.75 Å². The second-order valence-electron chi connectivity index (χ2n) is 13.2. The van der Waals surface area contributed by atoms with Crippen molar-refractivity contribution in [3.05, 3.63) is 95.6 Å². The van der Waals surface area contributed by atoms with Gasteiger partial charge in [-0.15, -0.1) is 0 Å². The van der Waals surface area contributed by atoms with E-state index in [1.165, 1.54) is 11.8 Å². The van der Waals surface area contributed by atoms with Crippen LogP contribution in [-0.4, -0.2) is 57.4 Å². The number of para-hydroxylation sites is 1. The van der Waals surface area contributed by atoms with Crippen molar-refractivity contribution in [1.29, 1.82) is 0 Å². The van der Waals surface area contributed by atoms with Crippen LogP contribution in [0.25, 0.3) is 0 Å². The van der Waals surface area contributed by atoms with Crippen LogP contribution in [-0.2, 0) is 11.2 Å². The zero-order chi connectivity index (χ0) is 33.3. The van der Waals surface area contributed by atoms with Crippen molar-refractivity contribution in [2.75, 3.05) is 5.94 Å². The SMILES string of the molecule is CC(C)[C@@H](C(=O)N[C@H]1c2ccccc2C[C@H]1O)[C@@H](O)[C@H](O)[C@H](CC1CCCCC1)NC(=O)c1ccccc1OCSc1ccccc1. The van der Waals surface area contributed by atoms with E-state index in [0.717, 1.165) is 48.1 Å². The Morgan fingerprint density at radius 3 is 2.32 bits per heavy atom. The third-order valence-corrected chi connectivity index (χ3v) is 10.4. The molecule has 0 aliphatic heterocycles. The number of hydrogen-bond acceptors (Lipinski definition) is 7. The van der Waals surface area contributed by atoms with E-state index in [2.05, 4.69) is 10.6 Å². The van der Waals surface area contributed by atoms with Gasteiger partial charge in [0.15, 0.2) is 0 Å². The van der Waals surface area contributed by atoms with Gasteiger partial charge in [0.05, 0.1) is 35.8 Å². The zero-order valence-electron chi connectivity index (χ0n) is 27.3. The minimum atomic E-state index is -1.45. The topological polar surface area (TPSA) is 128 Å². The predicted molar refractivity (Wildman–Crippen MR) is 184 cm³/mol. The molecule has 6 atom stereocenters. The molecule has 3 aromatic rings. The number of rotatable bonds is 14. The Bertz CT molecular complexity index is 1460. The predicted octanol–water partition coefficient (Wildman–Crippen LogP) is 5.65. The van der Waals surface area contributed by atoms with E-state index < -0.39 is 48.1 Å². The molecule has 0 spiro atoms. The van der Waals surface area contributed by atoms with E-state index >= 15 is 0 Å². The number of benzene rings is 3. The van der Waals surface area contributed by atoms with E-state index in [-0.39, 0.29) is 11.8 Å². The number of carbonyl (C=O) groups is 2. The minimum Gasteiger partial charge on any atom is -0.482 e. The lowest BCUT2D eigenvalue weighted by Gasteiger charge is -2.36. The van der Waals surface area contributed by atoms with Crippen molar-refractivity contribution in [2.45, 2.75) is 94.1 Å². The van der Waals surface area contributed by atoms with Crippen LogP contribution in [0.15, 0.2) is 83.8 Å². The molecule has 2 aliphatic rings. The normalized spacial score (nSPS) is 20.6. The number of hydrogen-bond donors (Lipinski definition) is 5. The second-order valence-corrected chi connectivity index (χ2v) is 14.2. The van der Waals surface area contributed by atoms with Crippen molar-refractivity contribution in [3.63, 3.8) is 0 Å². The van der Waals surface area contributed by atoms with E-state index in [0.29, 0.717) is 30.1 Å². The van der Waals surface area contributed by atoms with Gasteiger partial charge in [-0.05, 0) is 53.6 Å². The number of ether oxygens (including phenoxy) is 1. The highest BCUT2D eigenvalue weighted by atomic mass is 32.2. The lowest BCUT2D eigenvalue weighted by molar-refractivity contribution is -0.137. The summed E-state index contributed by atoms with van der Waals surface area (Å²) >= 11 is 1.52. The molecule has 5 N–H and O–H groups in total. The number of carbonyl (C=O) groups excluding carboxylic acids is 2. The monoisotopic (exact) mass is 660 g/mol. The van der Waals surface area contributed by atoms with Gasteiger partial charge < -0.3 is 30.7 Å². The van der Waals surface area contributed by atoms with Gasteiger partial charge in [0, 0.05) is 11.3 Å². The fourth-order valence-corrected chi connectivity index (χ4v) is 7.74. The molecule has 0 unspecified atom stereocenters. The molecule has 2 amide bonds. The molecule has 1 saturated carbocycles. The first kappa shape index (κ1) is 35.0. The standard InChI is InChI=1S/C38H48N2O6S/c1-24(2)33(38(45)40-34-28-18-10-9-15-26(28)22-31(34)41)36(43)35(42)30(21-25-13-5-3-6-14-25)39-37(44)29-19-11-12-20-32(29)46-23-47-27-16-7-4-8-17-27/h4,7-12,15-20,24-25,30-31,33-36,41-43H,3,5-6,13-14,21-23H2,1-2H3,(H,39,44)(H,40,45)/t30-,31+,33+,34-,35+,36+/m0/s1. The highest BCUT2D eigenvalue weighted by Crippen LogP contribution is 2.34. The van der Waals surface area contributed by atoms with Crippen molar-refractivity contribution in [2.24, 2.45) is 17.8 Å². The summed E-state index contributed by atoms with van der Waals surface area (Å²) in [6.45, 7) is 3.66. The Kier molecular flexibility index (Phi) is 12.4. The average Bonchev–Trinajstić information content (AvgIpc) is 3.39. The van der Waals surface area contributed by atoms with Gasteiger partial charge >= 0.3 is 0 Å². The molecule has 1 fully saturated rings. The summed E-state index contributed by atoms with van der Waals surface area (Å²) in [7, 11) is 0. The van der Waals surface area contributed by atoms with Gasteiger partial charge in [-0.25, -0.2) is 0 Å². The van der Waals surface area contributed by atoms with Gasteiger partial charge in [-0.2, -0.15) is 0 Å². The smallest absolute Gasteiger partial charge is 0.255 e. The molecular weight excluding hydrogens is 612 g/mol. The quantitative estimate of drug-likeness (QED) is 0.112. The van der Waals surface area contributed by atoms with Crippen molar-refractivity contribution in [1.82, 2.24) is 10.6 Å². The van der Waals surface area contributed by atoms with E-state index in [1.54, 1.807) is 18.2 Å². The molecule has 0 bridgehead atoms. The highest BCUT2D eigenvalue weighted by Gasteiger charge is 2.41. The van der Waals surface area contributed by atoms with E-state index in [9.17, 15) is 24.9 Å². The maximum atomic E-state index is 13.8.